The Hall–Kier alpha value is -0.650. The molecule has 1 rings (SSSR count). The molecule has 0 radical (unpaired) electrons. The second kappa shape index (κ2) is 7.82. The van der Waals surface area contributed by atoms with E-state index in [0.717, 1.165) is 24.1 Å². The number of nitrogens with one attached hydrogen (secondary N) is 1. The molecule has 106 valence electrons. The molecule has 0 saturated heterocycles. The van der Waals surface area contributed by atoms with Crippen LogP contribution in [0.2, 0.25) is 5.15 Å². The first-order valence-corrected chi connectivity index (χ1v) is 7.49. The zero-order valence-electron chi connectivity index (χ0n) is 11.4. The molecule has 0 fully saturated rings. The van der Waals surface area contributed by atoms with Crippen molar-refractivity contribution < 1.29 is 4.79 Å². The van der Waals surface area contributed by atoms with E-state index in [-0.39, 0.29) is 17.1 Å². The minimum atomic E-state index is -0.196. The van der Waals surface area contributed by atoms with Crippen molar-refractivity contribution in [3.05, 3.63) is 27.5 Å². The highest BCUT2D eigenvalue weighted by atomic mass is 79.9. The van der Waals surface area contributed by atoms with Crippen molar-refractivity contribution in [3.63, 3.8) is 0 Å². The summed E-state index contributed by atoms with van der Waals surface area (Å²) in [5.41, 5.74) is 0.391. The number of likely N-dealkylation sites (N-methyl/N-ethyl adjacent to an activating group) is 1. The topological polar surface area (TPSA) is 45.2 Å². The maximum atomic E-state index is 12.1. The largest absolute Gasteiger partial charge is 0.348 e. The van der Waals surface area contributed by atoms with E-state index in [2.05, 4.69) is 45.0 Å². The van der Waals surface area contributed by atoms with Crippen LogP contribution in [0.5, 0.6) is 0 Å². The van der Waals surface area contributed by atoms with Crippen LogP contribution < -0.4 is 5.32 Å². The molecule has 0 aliphatic rings. The third-order valence-electron chi connectivity index (χ3n) is 2.85. The summed E-state index contributed by atoms with van der Waals surface area (Å²) in [4.78, 5) is 18.3. The van der Waals surface area contributed by atoms with Crippen molar-refractivity contribution in [2.24, 2.45) is 0 Å². The Morgan fingerprint density at radius 2 is 2.16 bits per heavy atom. The number of hydrogen-bond acceptors (Lipinski definition) is 3. The van der Waals surface area contributed by atoms with E-state index in [1.807, 2.05) is 6.92 Å². The van der Waals surface area contributed by atoms with Gasteiger partial charge in [0.2, 0.25) is 0 Å². The predicted octanol–water partition coefficient (Wildman–Crippen LogP) is 2.96. The first kappa shape index (κ1) is 16.4. The fraction of sp³-hybridized carbons (Fsp3) is 0.538. The summed E-state index contributed by atoms with van der Waals surface area (Å²) in [5, 5.41) is 3.16. The molecule has 1 N–H and O–H groups in total. The number of carbonyl (C=O) groups excluding carboxylic acids is 1. The van der Waals surface area contributed by atoms with Crippen LogP contribution in [0, 0.1) is 0 Å². The molecule has 0 spiro atoms. The number of carbonyl (C=O) groups is 1. The molecule has 1 heterocycles. The second-order valence-corrected chi connectivity index (χ2v) is 5.63. The molecule has 0 saturated carbocycles. The Morgan fingerprint density at radius 3 is 2.74 bits per heavy atom. The lowest BCUT2D eigenvalue weighted by Gasteiger charge is -2.23. The Kier molecular flexibility index (Phi) is 6.75. The maximum absolute atomic E-state index is 12.1. The molecule has 0 aromatic carbocycles. The van der Waals surface area contributed by atoms with Crippen LogP contribution in [0.1, 0.15) is 31.1 Å². The molecule has 19 heavy (non-hydrogen) atoms. The van der Waals surface area contributed by atoms with Gasteiger partial charge in [-0.3, -0.25) is 4.79 Å². The van der Waals surface area contributed by atoms with Gasteiger partial charge in [-0.1, -0.05) is 25.4 Å². The second-order valence-electron chi connectivity index (χ2n) is 4.35. The maximum Gasteiger partial charge on any atom is 0.254 e. The Labute approximate surface area is 127 Å². The molecule has 1 aromatic rings. The number of aromatic nitrogens is 1. The van der Waals surface area contributed by atoms with Crippen molar-refractivity contribution in [1.82, 2.24) is 15.2 Å². The zero-order chi connectivity index (χ0) is 14.4. The number of rotatable bonds is 6. The lowest BCUT2D eigenvalue weighted by Crippen LogP contribution is -2.42. The summed E-state index contributed by atoms with van der Waals surface area (Å²) in [6, 6.07) is 1.73. The van der Waals surface area contributed by atoms with Gasteiger partial charge in [0.25, 0.3) is 5.91 Å². The van der Waals surface area contributed by atoms with Gasteiger partial charge in [0.15, 0.2) is 0 Å². The third kappa shape index (κ3) is 5.09. The minimum Gasteiger partial charge on any atom is -0.348 e. The molecule has 4 nitrogen and oxygen atoms in total. The van der Waals surface area contributed by atoms with Gasteiger partial charge < -0.3 is 10.2 Å². The Bertz CT molecular complexity index is 438. The van der Waals surface area contributed by atoms with E-state index in [0.29, 0.717) is 5.56 Å². The normalized spacial score (nSPS) is 12.5. The summed E-state index contributed by atoms with van der Waals surface area (Å²) in [6.07, 6.45) is 1.57. The summed E-state index contributed by atoms with van der Waals surface area (Å²) < 4.78 is 0.735. The fourth-order valence-corrected chi connectivity index (χ4v) is 2.32. The summed E-state index contributed by atoms with van der Waals surface area (Å²) >= 11 is 9.22. The molecule has 0 bridgehead atoms. The summed E-state index contributed by atoms with van der Waals surface area (Å²) in [5.74, 6) is -0.196. The van der Waals surface area contributed by atoms with Gasteiger partial charge in [0, 0.05) is 23.3 Å². The van der Waals surface area contributed by atoms with Gasteiger partial charge in [-0.2, -0.15) is 0 Å². The van der Waals surface area contributed by atoms with Gasteiger partial charge in [0.1, 0.15) is 5.15 Å². The molecule has 0 aliphatic heterocycles. The van der Waals surface area contributed by atoms with Crippen LogP contribution in [0.25, 0.3) is 0 Å². The smallest absolute Gasteiger partial charge is 0.254 e. The predicted molar refractivity (Wildman–Crippen MR) is 81.7 cm³/mol. The van der Waals surface area contributed by atoms with Gasteiger partial charge >= 0.3 is 0 Å². The third-order valence-corrected chi connectivity index (χ3v) is 3.59. The standard InChI is InChI=1S/C13H19BrClN3O/c1-4-18(5-2)8-9(3)17-13(19)11-6-10(14)7-16-12(11)15/h6-7,9H,4-5,8H2,1-3H3,(H,17,19). The van der Waals surface area contributed by atoms with E-state index in [1.54, 1.807) is 12.3 Å². The van der Waals surface area contributed by atoms with E-state index in [9.17, 15) is 4.79 Å². The average Bonchev–Trinajstić information content (AvgIpc) is 2.38. The zero-order valence-corrected chi connectivity index (χ0v) is 13.8. The minimum absolute atomic E-state index is 0.0578. The lowest BCUT2D eigenvalue weighted by atomic mass is 10.2. The van der Waals surface area contributed by atoms with Crippen LogP contribution in [-0.4, -0.2) is 41.5 Å². The number of amides is 1. The molecule has 1 amide bonds. The first-order valence-electron chi connectivity index (χ1n) is 6.32. The van der Waals surface area contributed by atoms with E-state index in [4.69, 9.17) is 11.6 Å². The Morgan fingerprint density at radius 1 is 1.53 bits per heavy atom. The summed E-state index contributed by atoms with van der Waals surface area (Å²) in [6.45, 7) is 8.94. The number of hydrogen-bond donors (Lipinski definition) is 1. The van der Waals surface area contributed by atoms with Crippen LogP contribution in [-0.2, 0) is 0 Å². The van der Waals surface area contributed by atoms with Crippen molar-refractivity contribution >= 4 is 33.4 Å². The van der Waals surface area contributed by atoms with Crippen molar-refractivity contribution in [3.8, 4) is 0 Å². The molecule has 1 atom stereocenters. The van der Waals surface area contributed by atoms with Crippen LogP contribution in [0.15, 0.2) is 16.7 Å². The molecule has 0 aliphatic carbocycles. The molecular formula is C13H19BrClN3O. The highest BCUT2D eigenvalue weighted by molar-refractivity contribution is 9.10. The molecule has 1 aromatic heterocycles. The van der Waals surface area contributed by atoms with Gasteiger partial charge in [0.05, 0.1) is 5.56 Å². The molecular weight excluding hydrogens is 330 g/mol. The van der Waals surface area contributed by atoms with Crippen molar-refractivity contribution in [2.45, 2.75) is 26.8 Å². The van der Waals surface area contributed by atoms with Gasteiger partial charge in [-0.25, -0.2) is 4.98 Å². The number of nitrogens with zero attached hydrogens (tertiary/aromatic N) is 2. The lowest BCUT2D eigenvalue weighted by molar-refractivity contribution is 0.0930. The highest BCUT2D eigenvalue weighted by Gasteiger charge is 2.15. The fourth-order valence-electron chi connectivity index (χ4n) is 1.80. The number of pyridine rings is 1. The van der Waals surface area contributed by atoms with Crippen LogP contribution in [0.4, 0.5) is 0 Å². The van der Waals surface area contributed by atoms with Gasteiger partial charge in [-0.15, -0.1) is 0 Å². The molecule has 6 heteroatoms. The van der Waals surface area contributed by atoms with Gasteiger partial charge in [-0.05, 0) is 42.0 Å². The van der Waals surface area contributed by atoms with E-state index < -0.39 is 0 Å². The van der Waals surface area contributed by atoms with E-state index >= 15 is 0 Å². The van der Waals surface area contributed by atoms with E-state index in [1.165, 1.54) is 0 Å². The quantitative estimate of drug-likeness (QED) is 0.804. The summed E-state index contributed by atoms with van der Waals surface area (Å²) in [7, 11) is 0. The van der Waals surface area contributed by atoms with Crippen molar-refractivity contribution in [1.29, 1.82) is 0 Å². The first-order chi connectivity index (χ1) is 8.97. The Balaban J connectivity index is 2.66. The van der Waals surface area contributed by atoms with Crippen LogP contribution >= 0.6 is 27.5 Å². The van der Waals surface area contributed by atoms with Crippen molar-refractivity contribution in [2.75, 3.05) is 19.6 Å². The number of halogens is 2. The van der Waals surface area contributed by atoms with Crippen LogP contribution in [0.3, 0.4) is 0 Å². The average molecular weight is 349 g/mol. The molecule has 1 unspecified atom stereocenters. The highest BCUT2D eigenvalue weighted by Crippen LogP contribution is 2.17. The monoisotopic (exact) mass is 347 g/mol. The SMILES string of the molecule is CCN(CC)CC(C)NC(=O)c1cc(Br)cnc1Cl.